The number of nitriles is 2. The van der Waals surface area contributed by atoms with Gasteiger partial charge in [0.2, 0.25) is 0 Å². The smallest absolute Gasteiger partial charge is 0.388 e. The van der Waals surface area contributed by atoms with Crippen molar-refractivity contribution in [3.05, 3.63) is 50.4 Å². The molecule has 0 fully saturated rings. The molecule has 0 amide bonds. The summed E-state index contributed by atoms with van der Waals surface area (Å²) in [5.41, 5.74) is 4.68. The van der Waals surface area contributed by atoms with E-state index in [2.05, 4.69) is 10.1 Å². The maximum atomic E-state index is 13.0. The van der Waals surface area contributed by atoms with Gasteiger partial charge in [-0.15, -0.1) is 0 Å². The van der Waals surface area contributed by atoms with Crippen LogP contribution in [0.2, 0.25) is 10.0 Å². The summed E-state index contributed by atoms with van der Waals surface area (Å²) in [7, 11) is 3.34. The predicted octanol–water partition coefficient (Wildman–Crippen LogP) is 4.21. The van der Waals surface area contributed by atoms with E-state index in [4.69, 9.17) is 39.5 Å². The maximum absolute atomic E-state index is 13.0. The molecule has 1 aromatic carbocycles. The number of alkyl halides is 3. The molecule has 1 heterocycles. The topological polar surface area (TPSA) is 107 Å². The van der Waals surface area contributed by atoms with Crippen molar-refractivity contribution in [2.45, 2.75) is 13.1 Å². The summed E-state index contributed by atoms with van der Waals surface area (Å²) in [6.45, 7) is 1.63. The standard InChI is InChI=1S/C18H14Cl2F3N7/c1-9-11(8-27-15(7-25)14(26)6-24)17(29(2)3)30(28-9)16-12(19)4-10(5-13(16)20)18(21,22)23/h4-5,8H,26H2,1-3H3/b15-14-,27-8+. The highest BCUT2D eigenvalue weighted by molar-refractivity contribution is 6.38. The Hall–Kier alpha value is -3.21. The lowest BCUT2D eigenvalue weighted by Gasteiger charge is -2.18. The van der Waals surface area contributed by atoms with Crippen LogP contribution in [0.4, 0.5) is 19.0 Å². The van der Waals surface area contributed by atoms with Crippen molar-refractivity contribution < 1.29 is 13.2 Å². The first-order chi connectivity index (χ1) is 13.9. The number of benzene rings is 1. The van der Waals surface area contributed by atoms with Gasteiger partial charge in [-0.3, -0.25) is 0 Å². The number of aryl methyl sites for hydroxylation is 1. The van der Waals surface area contributed by atoms with E-state index in [0.717, 1.165) is 12.1 Å². The minimum atomic E-state index is -4.62. The zero-order valence-electron chi connectivity index (χ0n) is 15.9. The van der Waals surface area contributed by atoms with Crippen molar-refractivity contribution in [1.29, 1.82) is 10.5 Å². The second-order valence-electron chi connectivity index (χ2n) is 6.16. The Morgan fingerprint density at radius 2 is 1.80 bits per heavy atom. The van der Waals surface area contributed by atoms with Gasteiger partial charge in [0.25, 0.3) is 0 Å². The number of anilines is 1. The van der Waals surface area contributed by atoms with Crippen LogP contribution in [0.25, 0.3) is 5.69 Å². The van der Waals surface area contributed by atoms with Crippen LogP contribution in [-0.2, 0) is 6.18 Å². The van der Waals surface area contributed by atoms with Crippen molar-refractivity contribution in [1.82, 2.24) is 9.78 Å². The Morgan fingerprint density at radius 1 is 1.23 bits per heavy atom. The van der Waals surface area contributed by atoms with E-state index in [1.165, 1.54) is 10.9 Å². The normalized spacial score (nSPS) is 12.5. The molecule has 12 heteroatoms. The van der Waals surface area contributed by atoms with Crippen molar-refractivity contribution >= 4 is 35.2 Å². The van der Waals surface area contributed by atoms with Crippen LogP contribution in [-0.4, -0.2) is 30.1 Å². The Bertz CT molecular complexity index is 1110. The summed E-state index contributed by atoms with van der Waals surface area (Å²) < 4.78 is 40.4. The fourth-order valence-corrected chi connectivity index (χ4v) is 3.18. The number of aromatic nitrogens is 2. The molecular formula is C18H14Cl2F3N7. The number of nitrogens with two attached hydrogens (primary N) is 1. The molecule has 1 aromatic heterocycles. The third-order valence-electron chi connectivity index (χ3n) is 3.87. The zero-order valence-corrected chi connectivity index (χ0v) is 17.4. The van der Waals surface area contributed by atoms with Crippen LogP contribution >= 0.6 is 23.2 Å². The molecule has 0 aliphatic carbocycles. The SMILES string of the molecule is Cc1nn(-c2c(Cl)cc(C(F)(F)F)cc2Cl)c(N(C)C)c1/C=N/C(C#N)=C(\N)C#N. The molecule has 0 bridgehead atoms. The van der Waals surface area contributed by atoms with Crippen molar-refractivity contribution in [2.75, 3.05) is 19.0 Å². The minimum absolute atomic E-state index is 0.0466. The highest BCUT2D eigenvalue weighted by atomic mass is 35.5. The van der Waals surface area contributed by atoms with E-state index in [9.17, 15) is 13.2 Å². The van der Waals surface area contributed by atoms with E-state index in [1.807, 2.05) is 0 Å². The molecule has 2 aromatic rings. The number of allylic oxidation sites excluding steroid dienone is 2. The average Bonchev–Trinajstić information content (AvgIpc) is 2.96. The van der Waals surface area contributed by atoms with Gasteiger partial charge in [-0.05, 0) is 19.1 Å². The van der Waals surface area contributed by atoms with E-state index < -0.39 is 11.7 Å². The Morgan fingerprint density at radius 3 is 2.23 bits per heavy atom. The summed E-state index contributed by atoms with van der Waals surface area (Å²) in [5, 5.41) is 21.7. The van der Waals surface area contributed by atoms with Gasteiger partial charge in [0.15, 0.2) is 5.70 Å². The van der Waals surface area contributed by atoms with Gasteiger partial charge < -0.3 is 10.6 Å². The van der Waals surface area contributed by atoms with Crippen LogP contribution in [0.5, 0.6) is 0 Å². The van der Waals surface area contributed by atoms with Crippen LogP contribution in [0, 0.1) is 29.6 Å². The molecule has 2 N–H and O–H groups in total. The molecule has 7 nitrogen and oxygen atoms in total. The van der Waals surface area contributed by atoms with Crippen molar-refractivity contribution in [3.8, 4) is 17.8 Å². The zero-order chi connectivity index (χ0) is 22.8. The monoisotopic (exact) mass is 455 g/mol. The lowest BCUT2D eigenvalue weighted by atomic mass is 10.2. The molecule has 0 spiro atoms. The molecule has 30 heavy (non-hydrogen) atoms. The van der Waals surface area contributed by atoms with Gasteiger partial charge in [0.05, 0.1) is 26.9 Å². The summed E-state index contributed by atoms with van der Waals surface area (Å²) in [6, 6.07) is 4.87. The fourth-order valence-electron chi connectivity index (χ4n) is 2.54. The summed E-state index contributed by atoms with van der Waals surface area (Å²) in [4.78, 5) is 5.56. The Labute approximate surface area is 180 Å². The van der Waals surface area contributed by atoms with Gasteiger partial charge in [-0.25, -0.2) is 9.67 Å². The minimum Gasteiger partial charge on any atom is -0.388 e. The molecule has 0 aliphatic rings. The summed E-state index contributed by atoms with van der Waals surface area (Å²) >= 11 is 12.2. The van der Waals surface area contributed by atoms with Gasteiger partial charge >= 0.3 is 6.18 Å². The van der Waals surface area contributed by atoms with E-state index in [0.29, 0.717) is 17.1 Å². The second-order valence-corrected chi connectivity index (χ2v) is 6.97. The van der Waals surface area contributed by atoms with E-state index in [1.54, 1.807) is 38.1 Å². The third-order valence-corrected chi connectivity index (χ3v) is 4.44. The predicted molar refractivity (Wildman–Crippen MR) is 108 cm³/mol. The Balaban J connectivity index is 2.73. The number of nitrogens with zero attached hydrogens (tertiary/aromatic N) is 6. The number of halogens is 5. The van der Waals surface area contributed by atoms with Crippen molar-refractivity contribution in [3.63, 3.8) is 0 Å². The lowest BCUT2D eigenvalue weighted by molar-refractivity contribution is -0.137. The summed E-state index contributed by atoms with van der Waals surface area (Å²) in [6.07, 6.45) is -3.34. The highest BCUT2D eigenvalue weighted by Gasteiger charge is 2.33. The van der Waals surface area contributed by atoms with Gasteiger partial charge in [0, 0.05) is 20.3 Å². The number of hydrogen-bond donors (Lipinski definition) is 1. The third kappa shape index (κ3) is 4.51. The average molecular weight is 456 g/mol. The number of aliphatic imine (C=N–C) groups is 1. The maximum Gasteiger partial charge on any atom is 0.416 e. The first-order valence-corrected chi connectivity index (χ1v) is 8.85. The summed E-state index contributed by atoms with van der Waals surface area (Å²) in [5.74, 6) is 0.382. The molecule has 0 unspecified atom stereocenters. The molecule has 0 atom stereocenters. The molecule has 0 saturated heterocycles. The van der Waals surface area contributed by atoms with Gasteiger partial charge in [0.1, 0.15) is 29.3 Å². The fraction of sp³-hybridized carbons (Fsp3) is 0.222. The highest BCUT2D eigenvalue weighted by Crippen LogP contribution is 2.39. The molecule has 0 radical (unpaired) electrons. The molecule has 156 valence electrons. The lowest BCUT2D eigenvalue weighted by Crippen LogP contribution is -2.16. The molecular weight excluding hydrogens is 442 g/mol. The Kier molecular flexibility index (Phi) is 6.66. The van der Waals surface area contributed by atoms with E-state index >= 15 is 0 Å². The number of rotatable bonds is 4. The van der Waals surface area contributed by atoms with Crippen LogP contribution in [0.3, 0.4) is 0 Å². The van der Waals surface area contributed by atoms with Crippen LogP contribution in [0.1, 0.15) is 16.8 Å². The van der Waals surface area contributed by atoms with Crippen molar-refractivity contribution in [2.24, 2.45) is 10.7 Å². The first kappa shape index (κ1) is 23.1. The van der Waals surface area contributed by atoms with Gasteiger partial charge in [-0.1, -0.05) is 23.2 Å². The van der Waals surface area contributed by atoms with Crippen LogP contribution in [0.15, 0.2) is 28.5 Å². The van der Waals surface area contributed by atoms with Gasteiger partial charge in [-0.2, -0.15) is 28.8 Å². The van der Waals surface area contributed by atoms with E-state index in [-0.39, 0.29) is 27.1 Å². The quantitative estimate of drug-likeness (QED) is 0.548. The molecule has 2 rings (SSSR count). The second kappa shape index (κ2) is 8.66. The molecule has 0 aliphatic heterocycles. The van der Waals surface area contributed by atoms with Crippen LogP contribution < -0.4 is 10.6 Å². The number of hydrogen-bond acceptors (Lipinski definition) is 6. The molecule has 0 saturated carbocycles. The largest absolute Gasteiger partial charge is 0.416 e. The first-order valence-electron chi connectivity index (χ1n) is 8.09.